The first-order valence-corrected chi connectivity index (χ1v) is 5.44. The molecule has 0 aliphatic rings. The number of halogens is 2. The van der Waals surface area contributed by atoms with E-state index < -0.39 is 6.10 Å². The van der Waals surface area contributed by atoms with E-state index in [1.54, 1.807) is 18.2 Å². The number of aliphatic hydroxyl groups excluding tert-OH is 1. The molecule has 0 aromatic heterocycles. The molecular formula is C10H14Cl2N2O. The van der Waals surface area contributed by atoms with Gasteiger partial charge in [-0.25, -0.2) is 0 Å². The highest BCUT2D eigenvalue weighted by atomic mass is 35.5. The van der Waals surface area contributed by atoms with Gasteiger partial charge >= 0.3 is 0 Å². The van der Waals surface area contributed by atoms with E-state index in [-0.39, 0.29) is 0 Å². The number of nitrogens with two attached hydrogens (primary N) is 1. The summed E-state index contributed by atoms with van der Waals surface area (Å²) >= 11 is 11.6. The quantitative estimate of drug-likeness (QED) is 0.694. The summed E-state index contributed by atoms with van der Waals surface area (Å²) in [7, 11) is 0. The molecule has 15 heavy (non-hydrogen) atoms. The average Bonchev–Trinajstić information content (AvgIpc) is 2.22. The van der Waals surface area contributed by atoms with Crippen LogP contribution in [0.25, 0.3) is 0 Å². The van der Waals surface area contributed by atoms with Crippen LogP contribution >= 0.6 is 23.2 Å². The van der Waals surface area contributed by atoms with Crippen molar-refractivity contribution in [3.63, 3.8) is 0 Å². The molecular weight excluding hydrogens is 235 g/mol. The first-order chi connectivity index (χ1) is 7.15. The predicted molar refractivity (Wildman–Crippen MR) is 63.3 cm³/mol. The van der Waals surface area contributed by atoms with Crippen LogP contribution in [0, 0.1) is 0 Å². The summed E-state index contributed by atoms with van der Waals surface area (Å²) in [5.74, 6) is 0. The van der Waals surface area contributed by atoms with Crippen LogP contribution in [0.15, 0.2) is 18.2 Å². The molecule has 3 nitrogen and oxygen atoms in total. The van der Waals surface area contributed by atoms with Crippen LogP contribution in [0.2, 0.25) is 10.0 Å². The van der Waals surface area contributed by atoms with Gasteiger partial charge in [0.15, 0.2) is 0 Å². The van der Waals surface area contributed by atoms with Crippen molar-refractivity contribution in [1.82, 2.24) is 5.32 Å². The molecule has 0 saturated heterocycles. The standard InChI is InChI=1S/C10H14Cl2N2O/c11-8-2-1-7(5-9(8)12)10(15)6-14-4-3-13/h1-2,5,10,14-15H,3-4,6,13H2. The molecule has 4 N–H and O–H groups in total. The van der Waals surface area contributed by atoms with Gasteiger partial charge in [-0.3, -0.25) is 0 Å². The van der Waals surface area contributed by atoms with E-state index in [4.69, 9.17) is 28.9 Å². The third-order valence-electron chi connectivity index (χ3n) is 1.99. The van der Waals surface area contributed by atoms with E-state index in [0.29, 0.717) is 29.7 Å². The number of rotatable bonds is 5. The van der Waals surface area contributed by atoms with E-state index in [1.165, 1.54) is 0 Å². The van der Waals surface area contributed by atoms with Crippen LogP contribution in [-0.4, -0.2) is 24.7 Å². The van der Waals surface area contributed by atoms with Crippen molar-refractivity contribution >= 4 is 23.2 Å². The fraction of sp³-hybridized carbons (Fsp3) is 0.400. The Labute approximate surface area is 99.2 Å². The Morgan fingerprint density at radius 3 is 2.67 bits per heavy atom. The normalized spacial score (nSPS) is 12.8. The summed E-state index contributed by atoms with van der Waals surface area (Å²) in [6.07, 6.45) is -0.591. The molecule has 0 fully saturated rings. The summed E-state index contributed by atoms with van der Waals surface area (Å²) in [6.45, 7) is 1.68. The summed E-state index contributed by atoms with van der Waals surface area (Å²) in [5, 5.41) is 13.7. The van der Waals surface area contributed by atoms with Crippen molar-refractivity contribution in [2.45, 2.75) is 6.10 Å². The lowest BCUT2D eigenvalue weighted by molar-refractivity contribution is 0.175. The SMILES string of the molecule is NCCNCC(O)c1ccc(Cl)c(Cl)c1. The molecule has 84 valence electrons. The molecule has 1 rings (SSSR count). The van der Waals surface area contributed by atoms with Crippen molar-refractivity contribution in [2.75, 3.05) is 19.6 Å². The zero-order valence-electron chi connectivity index (χ0n) is 8.21. The van der Waals surface area contributed by atoms with Crippen molar-refractivity contribution in [1.29, 1.82) is 0 Å². The Bertz CT molecular complexity index is 320. The lowest BCUT2D eigenvalue weighted by Gasteiger charge is -2.12. The molecule has 0 bridgehead atoms. The molecule has 1 atom stereocenters. The smallest absolute Gasteiger partial charge is 0.0914 e. The van der Waals surface area contributed by atoms with E-state index in [2.05, 4.69) is 5.32 Å². The lowest BCUT2D eigenvalue weighted by Crippen LogP contribution is -2.27. The number of hydrogen-bond acceptors (Lipinski definition) is 3. The van der Waals surface area contributed by atoms with Gasteiger partial charge in [0.1, 0.15) is 0 Å². The van der Waals surface area contributed by atoms with Crippen molar-refractivity contribution in [2.24, 2.45) is 5.73 Å². The highest BCUT2D eigenvalue weighted by Gasteiger charge is 2.08. The van der Waals surface area contributed by atoms with Gasteiger partial charge in [0, 0.05) is 19.6 Å². The van der Waals surface area contributed by atoms with Gasteiger partial charge < -0.3 is 16.2 Å². The molecule has 0 saturated carbocycles. The monoisotopic (exact) mass is 248 g/mol. The Hall–Kier alpha value is -0.320. The van der Waals surface area contributed by atoms with Gasteiger partial charge in [0.2, 0.25) is 0 Å². The van der Waals surface area contributed by atoms with Crippen LogP contribution in [0.4, 0.5) is 0 Å². The van der Waals surface area contributed by atoms with E-state index in [0.717, 1.165) is 5.56 Å². The summed E-state index contributed by atoms with van der Waals surface area (Å²) in [6, 6.07) is 5.09. The minimum atomic E-state index is -0.591. The number of hydrogen-bond donors (Lipinski definition) is 3. The second-order valence-corrected chi connectivity index (χ2v) is 4.00. The predicted octanol–water partition coefficient (Wildman–Crippen LogP) is 1.58. The van der Waals surface area contributed by atoms with Gasteiger partial charge in [-0.15, -0.1) is 0 Å². The average molecular weight is 249 g/mol. The lowest BCUT2D eigenvalue weighted by atomic mass is 10.1. The largest absolute Gasteiger partial charge is 0.387 e. The number of benzene rings is 1. The van der Waals surface area contributed by atoms with Gasteiger partial charge in [0.05, 0.1) is 16.1 Å². The molecule has 0 amide bonds. The van der Waals surface area contributed by atoms with Gasteiger partial charge in [-0.1, -0.05) is 29.3 Å². The summed E-state index contributed by atoms with van der Waals surface area (Å²) in [5.41, 5.74) is 6.06. The van der Waals surface area contributed by atoms with Crippen molar-refractivity contribution in [3.05, 3.63) is 33.8 Å². The molecule has 0 aliphatic heterocycles. The van der Waals surface area contributed by atoms with E-state index in [9.17, 15) is 5.11 Å². The first-order valence-electron chi connectivity index (χ1n) is 4.69. The molecule has 5 heteroatoms. The first kappa shape index (κ1) is 12.7. The maximum Gasteiger partial charge on any atom is 0.0914 e. The van der Waals surface area contributed by atoms with Crippen molar-refractivity contribution in [3.8, 4) is 0 Å². The molecule has 0 spiro atoms. The minimum absolute atomic E-state index is 0.451. The topological polar surface area (TPSA) is 58.3 Å². The Kier molecular flexibility index (Phi) is 5.36. The second kappa shape index (κ2) is 6.30. The van der Waals surface area contributed by atoms with Crippen molar-refractivity contribution < 1.29 is 5.11 Å². The van der Waals surface area contributed by atoms with Crippen LogP contribution in [0.1, 0.15) is 11.7 Å². The van der Waals surface area contributed by atoms with E-state index in [1.807, 2.05) is 0 Å². The fourth-order valence-electron chi connectivity index (χ4n) is 1.18. The maximum absolute atomic E-state index is 9.76. The van der Waals surface area contributed by atoms with Crippen LogP contribution in [0.3, 0.4) is 0 Å². The van der Waals surface area contributed by atoms with Crippen LogP contribution in [-0.2, 0) is 0 Å². The second-order valence-electron chi connectivity index (χ2n) is 3.18. The minimum Gasteiger partial charge on any atom is -0.387 e. The Morgan fingerprint density at radius 1 is 1.33 bits per heavy atom. The molecule has 1 aromatic carbocycles. The molecule has 1 unspecified atom stereocenters. The maximum atomic E-state index is 9.76. The number of aliphatic hydroxyl groups is 1. The van der Waals surface area contributed by atoms with E-state index >= 15 is 0 Å². The summed E-state index contributed by atoms with van der Waals surface area (Å²) < 4.78 is 0. The molecule has 0 heterocycles. The Balaban J connectivity index is 2.57. The third-order valence-corrected chi connectivity index (χ3v) is 2.73. The van der Waals surface area contributed by atoms with Crippen LogP contribution < -0.4 is 11.1 Å². The third kappa shape index (κ3) is 3.97. The molecule has 0 aliphatic carbocycles. The Morgan fingerprint density at radius 2 is 2.07 bits per heavy atom. The van der Waals surface area contributed by atoms with Gasteiger partial charge in [0.25, 0.3) is 0 Å². The number of nitrogens with one attached hydrogen (secondary N) is 1. The zero-order valence-corrected chi connectivity index (χ0v) is 9.72. The van der Waals surface area contributed by atoms with Gasteiger partial charge in [-0.05, 0) is 17.7 Å². The van der Waals surface area contributed by atoms with Crippen LogP contribution in [0.5, 0.6) is 0 Å². The zero-order chi connectivity index (χ0) is 11.3. The van der Waals surface area contributed by atoms with Gasteiger partial charge in [-0.2, -0.15) is 0 Å². The molecule has 0 radical (unpaired) electrons. The molecule has 1 aromatic rings. The highest BCUT2D eigenvalue weighted by Crippen LogP contribution is 2.25. The summed E-state index contributed by atoms with van der Waals surface area (Å²) in [4.78, 5) is 0. The highest BCUT2D eigenvalue weighted by molar-refractivity contribution is 6.42. The fourth-order valence-corrected chi connectivity index (χ4v) is 1.48.